The molecule has 0 aliphatic carbocycles. The Balaban J connectivity index is 2.18. The van der Waals surface area contributed by atoms with Crippen LogP contribution in [0.5, 0.6) is 5.75 Å². The molecule has 2 aromatic carbocycles. The van der Waals surface area contributed by atoms with E-state index in [-0.39, 0.29) is 35.2 Å². The molecule has 0 spiro atoms. The molecule has 28 heavy (non-hydrogen) atoms. The maximum Gasteiger partial charge on any atom is 0.387 e. The van der Waals surface area contributed by atoms with Crippen molar-refractivity contribution in [1.29, 1.82) is 0 Å². The molecule has 0 aliphatic heterocycles. The number of hydrogen-bond donors (Lipinski definition) is 1. The molecule has 0 atom stereocenters. The minimum absolute atomic E-state index is 0.0187. The third-order valence-corrected chi connectivity index (χ3v) is 5.54. The quantitative estimate of drug-likeness (QED) is 0.723. The van der Waals surface area contributed by atoms with Crippen LogP contribution in [0, 0.1) is 6.92 Å². The summed E-state index contributed by atoms with van der Waals surface area (Å²) in [4.78, 5) is 14.3. The van der Waals surface area contributed by atoms with Crippen molar-refractivity contribution in [3.05, 3.63) is 59.2 Å². The van der Waals surface area contributed by atoms with Crippen LogP contribution in [0.4, 0.5) is 8.78 Å². The Kier molecular flexibility index (Phi) is 7.09. The van der Waals surface area contributed by atoms with Crippen molar-refractivity contribution in [2.24, 2.45) is 0 Å². The summed E-state index contributed by atoms with van der Waals surface area (Å²) in [5.74, 6) is -0.316. The number of alkyl halides is 2. The van der Waals surface area contributed by atoms with Gasteiger partial charge in [-0.1, -0.05) is 25.1 Å². The molecule has 0 fully saturated rings. The van der Waals surface area contributed by atoms with Crippen LogP contribution in [0.3, 0.4) is 0 Å². The van der Waals surface area contributed by atoms with Crippen LogP contribution in [0.15, 0.2) is 47.4 Å². The second kappa shape index (κ2) is 9.11. The average molecular weight is 412 g/mol. The minimum Gasteiger partial charge on any atom is -0.435 e. The van der Waals surface area contributed by atoms with Gasteiger partial charge in [0.15, 0.2) is 0 Å². The number of sulfonamides is 1. The van der Waals surface area contributed by atoms with Crippen molar-refractivity contribution in [1.82, 2.24) is 9.62 Å². The molecular weight excluding hydrogens is 390 g/mol. The molecule has 0 aromatic heterocycles. The Bertz CT molecular complexity index is 931. The Morgan fingerprint density at radius 3 is 2.39 bits per heavy atom. The summed E-state index contributed by atoms with van der Waals surface area (Å²) in [6.07, 6.45) is 0. The number of benzene rings is 2. The number of halogens is 2. The molecule has 1 N–H and O–H groups in total. The topological polar surface area (TPSA) is 75.7 Å². The van der Waals surface area contributed by atoms with Crippen molar-refractivity contribution in [2.45, 2.75) is 31.9 Å². The molecule has 0 saturated heterocycles. The lowest BCUT2D eigenvalue weighted by Gasteiger charge is -2.19. The molecule has 0 aliphatic rings. The molecule has 6 nitrogen and oxygen atoms in total. The number of aryl methyl sites for hydroxylation is 1. The summed E-state index contributed by atoms with van der Waals surface area (Å²) in [6, 6.07) is 10.4. The highest BCUT2D eigenvalue weighted by atomic mass is 32.2. The third kappa shape index (κ3) is 5.49. The predicted octanol–water partition coefficient (Wildman–Crippen LogP) is 3.17. The summed E-state index contributed by atoms with van der Waals surface area (Å²) in [6.45, 7) is 0.954. The van der Waals surface area contributed by atoms with E-state index in [9.17, 15) is 22.0 Å². The van der Waals surface area contributed by atoms with Crippen molar-refractivity contribution in [3.63, 3.8) is 0 Å². The van der Waals surface area contributed by atoms with Crippen LogP contribution >= 0.6 is 0 Å². The molecule has 2 aromatic rings. The van der Waals surface area contributed by atoms with Crippen molar-refractivity contribution < 1.29 is 26.7 Å². The molecule has 0 radical (unpaired) electrons. The summed E-state index contributed by atoms with van der Waals surface area (Å²) in [5, 5.41) is 0. The zero-order valence-corrected chi connectivity index (χ0v) is 16.6. The molecule has 0 saturated carbocycles. The van der Waals surface area contributed by atoms with Crippen molar-refractivity contribution in [3.8, 4) is 5.75 Å². The first-order chi connectivity index (χ1) is 13.1. The molecule has 152 valence electrons. The average Bonchev–Trinajstić information content (AvgIpc) is 2.62. The van der Waals surface area contributed by atoms with E-state index in [0.717, 1.165) is 0 Å². The van der Waals surface area contributed by atoms with Gasteiger partial charge in [0, 0.05) is 25.7 Å². The standard InChI is InChI=1S/C19H22F2N2O4S/c1-4-22-28(25,26)16-10-5-13(2)17(11-16)18(24)23(3)12-14-6-8-15(9-7-14)27-19(20)21/h5-11,19,22H,4,12H2,1-3H3. The smallest absolute Gasteiger partial charge is 0.387 e. The zero-order valence-electron chi connectivity index (χ0n) is 15.8. The molecule has 2 rings (SSSR count). The monoisotopic (exact) mass is 412 g/mol. The van der Waals surface area contributed by atoms with Crippen molar-refractivity contribution >= 4 is 15.9 Å². The van der Waals surface area contributed by atoms with Gasteiger partial charge in [-0.15, -0.1) is 0 Å². The molecular formula is C19H22F2N2O4S. The number of ether oxygens (including phenoxy) is 1. The lowest BCUT2D eigenvalue weighted by atomic mass is 10.1. The van der Waals surface area contributed by atoms with Crippen molar-refractivity contribution in [2.75, 3.05) is 13.6 Å². The normalized spacial score (nSPS) is 11.5. The largest absolute Gasteiger partial charge is 0.435 e. The van der Waals surface area contributed by atoms with E-state index >= 15 is 0 Å². The Morgan fingerprint density at radius 1 is 1.18 bits per heavy atom. The number of rotatable bonds is 8. The van der Waals surface area contributed by atoms with Gasteiger partial charge in [-0.2, -0.15) is 8.78 Å². The highest BCUT2D eigenvalue weighted by Gasteiger charge is 2.19. The van der Waals surface area contributed by atoms with Crippen LogP contribution < -0.4 is 9.46 Å². The lowest BCUT2D eigenvalue weighted by Crippen LogP contribution is -2.28. The van der Waals surface area contributed by atoms with Crippen LogP contribution in [-0.4, -0.2) is 39.4 Å². The first kappa shape index (κ1) is 21.8. The van der Waals surface area contributed by atoms with E-state index in [1.807, 2.05) is 0 Å². The van der Waals surface area contributed by atoms with Gasteiger partial charge >= 0.3 is 6.61 Å². The van der Waals surface area contributed by atoms with E-state index in [0.29, 0.717) is 11.1 Å². The summed E-state index contributed by atoms with van der Waals surface area (Å²) in [5.41, 5.74) is 1.64. The van der Waals surface area contributed by atoms with Gasteiger partial charge in [0.1, 0.15) is 5.75 Å². The number of carbonyl (C=O) groups excluding carboxylic acids is 1. The van der Waals surface area contributed by atoms with Gasteiger partial charge in [0.2, 0.25) is 10.0 Å². The molecule has 1 amide bonds. The number of amides is 1. The highest BCUT2D eigenvalue weighted by Crippen LogP contribution is 2.19. The summed E-state index contributed by atoms with van der Waals surface area (Å²) in [7, 11) is -2.10. The Labute approximate surface area is 163 Å². The van der Waals surface area contributed by atoms with Gasteiger partial charge in [0.05, 0.1) is 4.90 Å². The minimum atomic E-state index is -3.68. The fraction of sp³-hybridized carbons (Fsp3) is 0.316. The second-order valence-electron chi connectivity index (χ2n) is 6.16. The van der Waals surface area contributed by atoms with Gasteiger partial charge in [-0.3, -0.25) is 4.79 Å². The number of nitrogens with one attached hydrogen (secondary N) is 1. The van der Waals surface area contributed by atoms with Crippen LogP contribution in [-0.2, 0) is 16.6 Å². The fourth-order valence-corrected chi connectivity index (χ4v) is 3.67. The predicted molar refractivity (Wildman–Crippen MR) is 101 cm³/mol. The van der Waals surface area contributed by atoms with Crippen LogP contribution in [0.1, 0.15) is 28.4 Å². The van der Waals surface area contributed by atoms with Gasteiger partial charge in [-0.25, -0.2) is 13.1 Å². The van der Waals surface area contributed by atoms with Gasteiger partial charge in [-0.05, 0) is 42.3 Å². The van der Waals surface area contributed by atoms with E-state index in [4.69, 9.17) is 0 Å². The molecule has 0 unspecified atom stereocenters. The molecule has 0 heterocycles. The zero-order chi connectivity index (χ0) is 20.9. The maximum atomic E-state index is 12.8. The SMILES string of the molecule is CCNS(=O)(=O)c1ccc(C)c(C(=O)N(C)Cc2ccc(OC(F)F)cc2)c1. The molecule has 0 bridgehead atoms. The highest BCUT2D eigenvalue weighted by molar-refractivity contribution is 7.89. The first-order valence-corrected chi connectivity index (χ1v) is 10.0. The number of carbonyl (C=O) groups is 1. The van der Waals surface area contributed by atoms with E-state index in [2.05, 4.69) is 9.46 Å². The van der Waals surface area contributed by atoms with E-state index < -0.39 is 16.6 Å². The van der Waals surface area contributed by atoms with Crippen LogP contribution in [0.25, 0.3) is 0 Å². The fourth-order valence-electron chi connectivity index (χ4n) is 2.60. The first-order valence-electron chi connectivity index (χ1n) is 8.53. The lowest BCUT2D eigenvalue weighted by molar-refractivity contribution is -0.0498. The Morgan fingerprint density at radius 2 is 1.82 bits per heavy atom. The van der Waals surface area contributed by atoms with Gasteiger partial charge < -0.3 is 9.64 Å². The number of nitrogens with zero attached hydrogens (tertiary/aromatic N) is 1. The van der Waals surface area contributed by atoms with Crippen LogP contribution in [0.2, 0.25) is 0 Å². The summed E-state index contributed by atoms with van der Waals surface area (Å²) >= 11 is 0. The third-order valence-electron chi connectivity index (χ3n) is 4.00. The Hall–Kier alpha value is -2.52. The maximum absolute atomic E-state index is 12.8. The number of hydrogen-bond acceptors (Lipinski definition) is 4. The van der Waals surface area contributed by atoms with E-state index in [1.165, 1.54) is 29.2 Å². The van der Waals surface area contributed by atoms with E-state index in [1.54, 1.807) is 39.1 Å². The van der Waals surface area contributed by atoms with Gasteiger partial charge in [0.25, 0.3) is 5.91 Å². The summed E-state index contributed by atoms with van der Waals surface area (Å²) < 4.78 is 55.5. The molecule has 9 heteroatoms. The second-order valence-corrected chi connectivity index (χ2v) is 7.93.